The number of rotatable bonds is 9. The molecule has 6 nitrogen and oxygen atoms in total. The summed E-state index contributed by atoms with van der Waals surface area (Å²) in [7, 11) is 1.59. The fourth-order valence-electron chi connectivity index (χ4n) is 2.57. The maximum Gasteiger partial charge on any atom is 0.329 e. The number of hydrogen-bond donors (Lipinski definition) is 2. The van der Waals surface area contributed by atoms with Crippen LogP contribution in [-0.2, 0) is 9.53 Å². The Morgan fingerprint density at radius 2 is 1.95 bits per heavy atom. The number of carboxylic acids is 1. The highest BCUT2D eigenvalue weighted by Crippen LogP contribution is 2.35. The summed E-state index contributed by atoms with van der Waals surface area (Å²) in [5.74, 6) is -0.457. The maximum atomic E-state index is 12.6. The van der Waals surface area contributed by atoms with E-state index < -0.39 is 11.5 Å². The quantitative estimate of drug-likeness (QED) is 0.683. The first-order valence-corrected chi connectivity index (χ1v) is 7.73. The molecule has 1 aliphatic rings. The van der Waals surface area contributed by atoms with Gasteiger partial charge in [-0.2, -0.15) is 0 Å². The molecule has 1 atom stereocenters. The van der Waals surface area contributed by atoms with Gasteiger partial charge in [-0.05, 0) is 38.5 Å². The lowest BCUT2D eigenvalue weighted by molar-refractivity contribution is -0.144. The van der Waals surface area contributed by atoms with Crippen molar-refractivity contribution in [2.75, 3.05) is 20.3 Å². The van der Waals surface area contributed by atoms with Gasteiger partial charge in [0.1, 0.15) is 5.54 Å². The van der Waals surface area contributed by atoms with Crippen LogP contribution in [0.2, 0.25) is 0 Å². The molecule has 0 aliphatic heterocycles. The van der Waals surface area contributed by atoms with E-state index in [1.165, 1.54) is 0 Å². The lowest BCUT2D eigenvalue weighted by Gasteiger charge is -2.35. The molecule has 0 bridgehead atoms. The average Bonchev–Trinajstić information content (AvgIpc) is 3.29. The van der Waals surface area contributed by atoms with Crippen LogP contribution in [0.4, 0.5) is 4.79 Å². The van der Waals surface area contributed by atoms with Crippen LogP contribution in [0.25, 0.3) is 0 Å². The Bertz CT molecular complexity index is 365. The predicted octanol–water partition coefficient (Wildman–Crippen LogP) is 2.09. The number of nitrogens with one attached hydrogen (secondary N) is 1. The third-order valence-corrected chi connectivity index (χ3v) is 4.56. The molecule has 2 amide bonds. The molecular formula is C15H28N2O4. The molecule has 1 rings (SSSR count). The Morgan fingerprint density at radius 3 is 2.33 bits per heavy atom. The van der Waals surface area contributed by atoms with Crippen LogP contribution in [0.15, 0.2) is 0 Å². The second-order valence-electron chi connectivity index (χ2n) is 5.79. The fraction of sp³-hybridized carbons (Fsp3) is 0.867. The van der Waals surface area contributed by atoms with Gasteiger partial charge in [0, 0.05) is 19.7 Å². The van der Waals surface area contributed by atoms with Crippen LogP contribution in [0.5, 0.6) is 0 Å². The van der Waals surface area contributed by atoms with Gasteiger partial charge in [0.05, 0.1) is 6.61 Å². The highest BCUT2D eigenvalue weighted by molar-refractivity contribution is 5.86. The number of nitrogens with zero attached hydrogens (tertiary/aromatic N) is 1. The molecule has 0 aromatic carbocycles. The number of aliphatic carboxylic acids is 1. The SMILES string of the molecule is CCC(CC)(NC(=O)N(CCOC)C(C)C1CC1)C(=O)O. The Balaban J connectivity index is 2.80. The van der Waals surface area contributed by atoms with Crippen LogP contribution in [0.3, 0.4) is 0 Å². The maximum absolute atomic E-state index is 12.6. The number of carbonyl (C=O) groups excluding carboxylic acids is 1. The molecule has 0 saturated heterocycles. The van der Waals surface area contributed by atoms with Crippen molar-refractivity contribution in [1.82, 2.24) is 10.2 Å². The van der Waals surface area contributed by atoms with E-state index in [4.69, 9.17) is 4.74 Å². The largest absolute Gasteiger partial charge is 0.480 e. The van der Waals surface area contributed by atoms with Gasteiger partial charge in [-0.25, -0.2) is 9.59 Å². The molecule has 1 fully saturated rings. The Kier molecular flexibility index (Phi) is 6.45. The van der Waals surface area contributed by atoms with E-state index in [1.54, 1.807) is 25.9 Å². The van der Waals surface area contributed by atoms with E-state index in [1.807, 2.05) is 6.92 Å². The van der Waals surface area contributed by atoms with E-state index in [2.05, 4.69) is 5.32 Å². The number of carbonyl (C=O) groups is 2. The summed E-state index contributed by atoms with van der Waals surface area (Å²) >= 11 is 0. The highest BCUT2D eigenvalue weighted by Gasteiger charge is 2.40. The second-order valence-corrected chi connectivity index (χ2v) is 5.79. The van der Waals surface area contributed by atoms with Crippen molar-refractivity contribution in [3.63, 3.8) is 0 Å². The van der Waals surface area contributed by atoms with Crippen molar-refractivity contribution in [3.05, 3.63) is 0 Å². The number of methoxy groups -OCH3 is 1. The van der Waals surface area contributed by atoms with E-state index in [0.717, 1.165) is 12.8 Å². The van der Waals surface area contributed by atoms with Crippen LogP contribution in [0.1, 0.15) is 46.5 Å². The Morgan fingerprint density at radius 1 is 1.38 bits per heavy atom. The summed E-state index contributed by atoms with van der Waals surface area (Å²) in [5, 5.41) is 12.2. The number of hydrogen-bond acceptors (Lipinski definition) is 3. The molecule has 21 heavy (non-hydrogen) atoms. The highest BCUT2D eigenvalue weighted by atomic mass is 16.5. The van der Waals surface area contributed by atoms with Gasteiger partial charge in [-0.3, -0.25) is 0 Å². The molecule has 0 radical (unpaired) electrons. The van der Waals surface area contributed by atoms with Gasteiger partial charge in [0.25, 0.3) is 0 Å². The molecular weight excluding hydrogens is 272 g/mol. The minimum Gasteiger partial charge on any atom is -0.480 e. The van der Waals surface area contributed by atoms with Crippen molar-refractivity contribution in [3.8, 4) is 0 Å². The molecule has 1 unspecified atom stereocenters. The fourth-order valence-corrected chi connectivity index (χ4v) is 2.57. The first-order chi connectivity index (χ1) is 9.91. The third kappa shape index (κ3) is 4.33. The van der Waals surface area contributed by atoms with Crippen molar-refractivity contribution in [1.29, 1.82) is 0 Å². The standard InChI is InChI=1S/C15H28N2O4/c1-5-15(6-2,13(18)19)16-14(20)17(9-10-21-4)11(3)12-7-8-12/h11-12H,5-10H2,1-4H3,(H,16,20)(H,18,19). The number of urea groups is 1. The summed E-state index contributed by atoms with van der Waals surface area (Å²) in [5.41, 5.74) is -1.19. The number of ether oxygens (including phenoxy) is 1. The Hall–Kier alpha value is -1.30. The zero-order chi connectivity index (χ0) is 16.0. The molecule has 2 N–H and O–H groups in total. The normalized spacial score (nSPS) is 16.4. The summed E-state index contributed by atoms with van der Waals surface area (Å²) in [6, 6.07) is -0.196. The second kappa shape index (κ2) is 7.64. The average molecular weight is 300 g/mol. The first kappa shape index (κ1) is 17.8. The van der Waals surface area contributed by atoms with Crippen LogP contribution < -0.4 is 5.32 Å². The summed E-state index contributed by atoms with van der Waals surface area (Å²) < 4.78 is 5.07. The van der Waals surface area contributed by atoms with Gasteiger partial charge < -0.3 is 20.1 Å². The van der Waals surface area contributed by atoms with Crippen LogP contribution >= 0.6 is 0 Å². The van der Waals surface area contributed by atoms with E-state index in [9.17, 15) is 14.7 Å². The van der Waals surface area contributed by atoms with Crippen molar-refractivity contribution in [2.24, 2.45) is 5.92 Å². The van der Waals surface area contributed by atoms with E-state index >= 15 is 0 Å². The predicted molar refractivity (Wildman–Crippen MR) is 80.2 cm³/mol. The number of amides is 2. The smallest absolute Gasteiger partial charge is 0.329 e. The van der Waals surface area contributed by atoms with Crippen molar-refractivity contribution < 1.29 is 19.4 Å². The van der Waals surface area contributed by atoms with Gasteiger partial charge >= 0.3 is 12.0 Å². The van der Waals surface area contributed by atoms with E-state index in [0.29, 0.717) is 31.9 Å². The molecule has 0 aromatic rings. The van der Waals surface area contributed by atoms with Gasteiger partial charge in [-0.15, -0.1) is 0 Å². The molecule has 6 heteroatoms. The third-order valence-electron chi connectivity index (χ3n) is 4.56. The lowest BCUT2D eigenvalue weighted by atomic mass is 9.93. The molecule has 1 aliphatic carbocycles. The minimum absolute atomic E-state index is 0.111. The zero-order valence-corrected chi connectivity index (χ0v) is 13.5. The first-order valence-electron chi connectivity index (χ1n) is 7.73. The summed E-state index contributed by atoms with van der Waals surface area (Å²) in [6.07, 6.45) is 2.98. The minimum atomic E-state index is -1.19. The topological polar surface area (TPSA) is 78.9 Å². The lowest BCUT2D eigenvalue weighted by Crippen LogP contribution is -2.59. The van der Waals surface area contributed by atoms with Crippen molar-refractivity contribution in [2.45, 2.75) is 58.0 Å². The molecule has 0 heterocycles. The van der Waals surface area contributed by atoms with Crippen LogP contribution in [-0.4, -0.2) is 53.8 Å². The molecule has 1 saturated carbocycles. The van der Waals surface area contributed by atoms with Gasteiger partial charge in [0.2, 0.25) is 0 Å². The molecule has 122 valence electrons. The molecule has 0 spiro atoms. The van der Waals surface area contributed by atoms with Gasteiger partial charge in [0.15, 0.2) is 0 Å². The van der Waals surface area contributed by atoms with E-state index in [-0.39, 0.29) is 12.1 Å². The van der Waals surface area contributed by atoms with Gasteiger partial charge in [-0.1, -0.05) is 13.8 Å². The van der Waals surface area contributed by atoms with Crippen molar-refractivity contribution >= 4 is 12.0 Å². The molecule has 0 aromatic heterocycles. The Labute approximate surface area is 126 Å². The summed E-state index contributed by atoms with van der Waals surface area (Å²) in [6.45, 7) is 6.50. The van der Waals surface area contributed by atoms with Crippen LogP contribution in [0, 0.1) is 5.92 Å². The number of carboxylic acid groups (broad SMARTS) is 1. The zero-order valence-electron chi connectivity index (χ0n) is 13.5. The monoisotopic (exact) mass is 300 g/mol. The summed E-state index contributed by atoms with van der Waals surface area (Å²) in [4.78, 5) is 25.8.